The molecule has 1 aromatic rings. The predicted molar refractivity (Wildman–Crippen MR) is 77.8 cm³/mol. The standard InChI is InChI=1S/C15H25N3O/c1-5-7-12(3)18-15(19)13(4)17-10-14-11(2)8-6-9-16-14/h6,8-9,12-13,17H,5,7,10H2,1-4H3,(H,18,19). The molecule has 0 saturated heterocycles. The van der Waals surface area contributed by atoms with Crippen LogP contribution < -0.4 is 10.6 Å². The zero-order valence-corrected chi connectivity index (χ0v) is 12.4. The number of amides is 1. The Balaban J connectivity index is 2.40. The summed E-state index contributed by atoms with van der Waals surface area (Å²) in [6.07, 6.45) is 3.87. The first kappa shape index (κ1) is 15.6. The number of nitrogens with zero attached hydrogens (tertiary/aromatic N) is 1. The van der Waals surface area contributed by atoms with E-state index in [1.807, 2.05) is 32.9 Å². The van der Waals surface area contributed by atoms with Gasteiger partial charge in [-0.25, -0.2) is 0 Å². The van der Waals surface area contributed by atoms with E-state index < -0.39 is 0 Å². The van der Waals surface area contributed by atoms with Crippen molar-refractivity contribution in [1.82, 2.24) is 15.6 Å². The third-order valence-corrected chi connectivity index (χ3v) is 3.20. The number of aromatic nitrogens is 1. The van der Waals surface area contributed by atoms with E-state index in [9.17, 15) is 4.79 Å². The maximum absolute atomic E-state index is 11.9. The van der Waals surface area contributed by atoms with Crippen LogP contribution in [0.15, 0.2) is 18.3 Å². The van der Waals surface area contributed by atoms with E-state index in [4.69, 9.17) is 0 Å². The summed E-state index contributed by atoms with van der Waals surface area (Å²) < 4.78 is 0. The Labute approximate surface area is 116 Å². The van der Waals surface area contributed by atoms with Gasteiger partial charge in [0.05, 0.1) is 11.7 Å². The van der Waals surface area contributed by atoms with E-state index in [1.54, 1.807) is 6.20 Å². The normalized spacial score (nSPS) is 13.9. The monoisotopic (exact) mass is 263 g/mol. The Morgan fingerprint density at radius 1 is 1.42 bits per heavy atom. The summed E-state index contributed by atoms with van der Waals surface area (Å²) in [5.41, 5.74) is 2.13. The highest BCUT2D eigenvalue weighted by atomic mass is 16.2. The van der Waals surface area contributed by atoms with Crippen molar-refractivity contribution < 1.29 is 4.79 Å². The van der Waals surface area contributed by atoms with Gasteiger partial charge < -0.3 is 10.6 Å². The molecule has 0 spiro atoms. The Hall–Kier alpha value is -1.42. The van der Waals surface area contributed by atoms with Gasteiger partial charge in [-0.15, -0.1) is 0 Å². The van der Waals surface area contributed by atoms with Gasteiger partial charge in [-0.3, -0.25) is 9.78 Å². The quantitative estimate of drug-likeness (QED) is 0.792. The van der Waals surface area contributed by atoms with Crippen LogP contribution in [0.2, 0.25) is 0 Å². The van der Waals surface area contributed by atoms with Crippen LogP contribution in [0.25, 0.3) is 0 Å². The molecule has 1 heterocycles. The van der Waals surface area contributed by atoms with Gasteiger partial charge in [-0.1, -0.05) is 19.4 Å². The highest BCUT2D eigenvalue weighted by molar-refractivity contribution is 5.81. The molecule has 0 radical (unpaired) electrons. The molecule has 4 nitrogen and oxygen atoms in total. The highest BCUT2D eigenvalue weighted by Gasteiger charge is 2.14. The van der Waals surface area contributed by atoms with Gasteiger partial charge in [-0.05, 0) is 38.8 Å². The lowest BCUT2D eigenvalue weighted by Gasteiger charge is -2.18. The SMILES string of the molecule is CCCC(C)NC(=O)C(C)NCc1ncccc1C. The minimum atomic E-state index is -0.208. The average Bonchev–Trinajstić information content (AvgIpc) is 2.37. The maximum atomic E-state index is 11.9. The number of hydrogen-bond acceptors (Lipinski definition) is 3. The van der Waals surface area contributed by atoms with Crippen molar-refractivity contribution >= 4 is 5.91 Å². The van der Waals surface area contributed by atoms with Crippen molar-refractivity contribution in [1.29, 1.82) is 0 Å². The van der Waals surface area contributed by atoms with Crippen molar-refractivity contribution in [2.75, 3.05) is 0 Å². The molecule has 2 N–H and O–H groups in total. The molecule has 1 aromatic heterocycles. The molecule has 4 heteroatoms. The van der Waals surface area contributed by atoms with Crippen LogP contribution in [0.1, 0.15) is 44.9 Å². The zero-order chi connectivity index (χ0) is 14.3. The fourth-order valence-electron chi connectivity index (χ4n) is 1.92. The van der Waals surface area contributed by atoms with Crippen molar-refractivity contribution in [3.63, 3.8) is 0 Å². The number of pyridine rings is 1. The van der Waals surface area contributed by atoms with E-state index in [2.05, 4.69) is 22.5 Å². The maximum Gasteiger partial charge on any atom is 0.237 e. The summed E-state index contributed by atoms with van der Waals surface area (Å²) in [7, 11) is 0. The van der Waals surface area contributed by atoms with Gasteiger partial charge in [0.25, 0.3) is 0 Å². The lowest BCUT2D eigenvalue weighted by molar-refractivity contribution is -0.123. The first-order valence-electron chi connectivity index (χ1n) is 6.98. The number of hydrogen-bond donors (Lipinski definition) is 2. The molecule has 2 atom stereocenters. The Kier molecular flexibility index (Phi) is 6.50. The van der Waals surface area contributed by atoms with Gasteiger partial charge in [0, 0.05) is 18.8 Å². The topological polar surface area (TPSA) is 54.0 Å². The van der Waals surface area contributed by atoms with Crippen LogP contribution in [0.3, 0.4) is 0 Å². The number of nitrogens with one attached hydrogen (secondary N) is 2. The predicted octanol–water partition coefficient (Wildman–Crippen LogP) is 2.17. The second-order valence-corrected chi connectivity index (χ2v) is 5.07. The van der Waals surface area contributed by atoms with E-state index in [0.717, 1.165) is 24.1 Å². The van der Waals surface area contributed by atoms with Crippen LogP contribution in [0, 0.1) is 6.92 Å². The fourth-order valence-corrected chi connectivity index (χ4v) is 1.92. The van der Waals surface area contributed by atoms with E-state index >= 15 is 0 Å². The average molecular weight is 263 g/mol. The Bertz CT molecular complexity index is 406. The summed E-state index contributed by atoms with van der Waals surface area (Å²) in [5.74, 6) is 0.0505. The van der Waals surface area contributed by atoms with Crippen molar-refractivity contribution in [2.24, 2.45) is 0 Å². The largest absolute Gasteiger partial charge is 0.352 e. The van der Waals surface area contributed by atoms with Crippen LogP contribution in [0.5, 0.6) is 0 Å². The molecule has 0 aliphatic rings. The number of carbonyl (C=O) groups excluding carboxylic acids is 1. The molecule has 0 aliphatic carbocycles. The van der Waals surface area contributed by atoms with Gasteiger partial charge in [0.15, 0.2) is 0 Å². The molecular weight excluding hydrogens is 238 g/mol. The minimum Gasteiger partial charge on any atom is -0.352 e. The summed E-state index contributed by atoms with van der Waals surface area (Å²) in [6.45, 7) is 8.68. The lowest BCUT2D eigenvalue weighted by atomic mass is 10.1. The number of rotatable bonds is 7. The van der Waals surface area contributed by atoms with Crippen molar-refractivity contribution in [3.8, 4) is 0 Å². The summed E-state index contributed by atoms with van der Waals surface area (Å²) in [5, 5.41) is 6.22. The molecule has 0 aromatic carbocycles. The number of carbonyl (C=O) groups is 1. The van der Waals surface area contributed by atoms with Crippen LogP contribution in [-0.2, 0) is 11.3 Å². The van der Waals surface area contributed by atoms with E-state index in [-0.39, 0.29) is 18.0 Å². The van der Waals surface area contributed by atoms with E-state index in [0.29, 0.717) is 6.54 Å². The van der Waals surface area contributed by atoms with Gasteiger partial charge >= 0.3 is 0 Å². The van der Waals surface area contributed by atoms with Crippen LogP contribution >= 0.6 is 0 Å². The highest BCUT2D eigenvalue weighted by Crippen LogP contribution is 2.03. The molecule has 0 fully saturated rings. The second-order valence-electron chi connectivity index (χ2n) is 5.07. The lowest BCUT2D eigenvalue weighted by Crippen LogP contribution is -2.45. The van der Waals surface area contributed by atoms with Crippen molar-refractivity contribution in [2.45, 2.75) is 59.2 Å². The molecule has 0 aliphatic heterocycles. The van der Waals surface area contributed by atoms with Crippen LogP contribution in [-0.4, -0.2) is 23.0 Å². The zero-order valence-electron chi connectivity index (χ0n) is 12.4. The summed E-state index contributed by atoms with van der Waals surface area (Å²) >= 11 is 0. The second kappa shape index (κ2) is 7.89. The van der Waals surface area contributed by atoms with Crippen molar-refractivity contribution in [3.05, 3.63) is 29.6 Å². The third kappa shape index (κ3) is 5.39. The van der Waals surface area contributed by atoms with Gasteiger partial charge in [0.2, 0.25) is 5.91 Å². The summed E-state index contributed by atoms with van der Waals surface area (Å²) in [4.78, 5) is 16.2. The first-order chi connectivity index (χ1) is 9.04. The smallest absolute Gasteiger partial charge is 0.237 e. The minimum absolute atomic E-state index is 0.0505. The summed E-state index contributed by atoms with van der Waals surface area (Å²) in [6, 6.07) is 3.97. The Morgan fingerprint density at radius 2 is 2.16 bits per heavy atom. The van der Waals surface area contributed by atoms with E-state index in [1.165, 1.54) is 0 Å². The molecule has 0 saturated carbocycles. The number of aryl methyl sites for hydroxylation is 1. The van der Waals surface area contributed by atoms with Gasteiger partial charge in [0.1, 0.15) is 0 Å². The molecule has 19 heavy (non-hydrogen) atoms. The Morgan fingerprint density at radius 3 is 2.79 bits per heavy atom. The van der Waals surface area contributed by atoms with Crippen LogP contribution in [0.4, 0.5) is 0 Å². The molecular formula is C15H25N3O. The first-order valence-corrected chi connectivity index (χ1v) is 6.98. The molecule has 106 valence electrons. The van der Waals surface area contributed by atoms with Gasteiger partial charge in [-0.2, -0.15) is 0 Å². The third-order valence-electron chi connectivity index (χ3n) is 3.20. The molecule has 1 rings (SSSR count). The fraction of sp³-hybridized carbons (Fsp3) is 0.600. The molecule has 0 bridgehead atoms. The molecule has 1 amide bonds. The molecule has 2 unspecified atom stereocenters.